The van der Waals surface area contributed by atoms with Gasteiger partial charge in [0.25, 0.3) is 5.91 Å². The Bertz CT molecular complexity index is 623. The zero-order valence-corrected chi connectivity index (χ0v) is 13.7. The van der Waals surface area contributed by atoms with Crippen molar-refractivity contribution in [3.8, 4) is 11.5 Å². The number of carbonyl (C=O) groups is 1. The van der Waals surface area contributed by atoms with Gasteiger partial charge in [0.05, 0.1) is 18.8 Å². The summed E-state index contributed by atoms with van der Waals surface area (Å²) < 4.78 is 11.1. The van der Waals surface area contributed by atoms with Crippen LogP contribution >= 0.6 is 0 Å². The molecule has 0 aliphatic rings. The van der Waals surface area contributed by atoms with Gasteiger partial charge in [-0.1, -0.05) is 25.5 Å². The maximum Gasteiger partial charge on any atom is 0.259 e. The van der Waals surface area contributed by atoms with Crippen LogP contribution in [0.5, 0.6) is 11.5 Å². The molecule has 122 valence electrons. The normalized spacial score (nSPS) is 10.2. The maximum absolute atomic E-state index is 12.4. The average molecular weight is 313 g/mol. The number of nitrogens with one attached hydrogen (secondary N) is 1. The SMILES string of the molecule is CCCCOc1ccc(NC(=O)c2ccccc2OCC)cc1. The Morgan fingerprint density at radius 3 is 2.43 bits per heavy atom. The highest BCUT2D eigenvalue weighted by Gasteiger charge is 2.12. The van der Waals surface area contributed by atoms with Crippen LogP contribution in [0.15, 0.2) is 48.5 Å². The molecule has 2 aromatic rings. The Labute approximate surface area is 137 Å². The number of anilines is 1. The van der Waals surface area contributed by atoms with E-state index in [1.807, 2.05) is 43.3 Å². The lowest BCUT2D eigenvalue weighted by atomic mass is 10.2. The lowest BCUT2D eigenvalue weighted by molar-refractivity contribution is 0.102. The molecule has 2 rings (SSSR count). The molecule has 0 bridgehead atoms. The van der Waals surface area contributed by atoms with E-state index in [0.717, 1.165) is 24.3 Å². The molecule has 4 nitrogen and oxygen atoms in total. The molecule has 1 amide bonds. The van der Waals surface area contributed by atoms with Gasteiger partial charge >= 0.3 is 0 Å². The summed E-state index contributed by atoms with van der Waals surface area (Å²) in [6, 6.07) is 14.6. The molecule has 0 spiro atoms. The minimum absolute atomic E-state index is 0.186. The molecule has 2 aromatic carbocycles. The zero-order valence-electron chi connectivity index (χ0n) is 13.7. The van der Waals surface area contributed by atoms with Crippen molar-refractivity contribution in [3.63, 3.8) is 0 Å². The number of rotatable bonds is 8. The van der Waals surface area contributed by atoms with E-state index in [-0.39, 0.29) is 5.91 Å². The van der Waals surface area contributed by atoms with Gasteiger partial charge in [-0.15, -0.1) is 0 Å². The van der Waals surface area contributed by atoms with Gasteiger partial charge in [-0.25, -0.2) is 0 Å². The molecular formula is C19H23NO3. The first-order valence-electron chi connectivity index (χ1n) is 8.00. The maximum atomic E-state index is 12.4. The van der Waals surface area contributed by atoms with Crippen LogP contribution in [0.2, 0.25) is 0 Å². The minimum atomic E-state index is -0.186. The van der Waals surface area contributed by atoms with Crippen molar-refractivity contribution >= 4 is 11.6 Å². The monoisotopic (exact) mass is 313 g/mol. The van der Waals surface area contributed by atoms with E-state index in [9.17, 15) is 4.79 Å². The summed E-state index contributed by atoms with van der Waals surface area (Å²) in [5.74, 6) is 1.21. The summed E-state index contributed by atoms with van der Waals surface area (Å²) in [6.45, 7) is 5.26. The number of hydrogen-bond donors (Lipinski definition) is 1. The van der Waals surface area contributed by atoms with E-state index in [1.54, 1.807) is 12.1 Å². The smallest absolute Gasteiger partial charge is 0.259 e. The van der Waals surface area contributed by atoms with Gasteiger partial charge in [0.15, 0.2) is 0 Å². The zero-order chi connectivity index (χ0) is 16.5. The highest BCUT2D eigenvalue weighted by atomic mass is 16.5. The number of para-hydroxylation sites is 1. The van der Waals surface area contributed by atoms with Crippen LogP contribution in [0.1, 0.15) is 37.0 Å². The van der Waals surface area contributed by atoms with Crippen molar-refractivity contribution in [2.45, 2.75) is 26.7 Å². The van der Waals surface area contributed by atoms with Gasteiger partial charge in [0.1, 0.15) is 11.5 Å². The molecule has 4 heteroatoms. The summed E-state index contributed by atoms with van der Waals surface area (Å²) >= 11 is 0. The van der Waals surface area contributed by atoms with Gasteiger partial charge < -0.3 is 14.8 Å². The van der Waals surface area contributed by atoms with E-state index in [4.69, 9.17) is 9.47 Å². The van der Waals surface area contributed by atoms with Crippen molar-refractivity contribution in [2.75, 3.05) is 18.5 Å². The van der Waals surface area contributed by atoms with Crippen LogP contribution in [0, 0.1) is 0 Å². The molecule has 0 aliphatic heterocycles. The number of hydrogen-bond acceptors (Lipinski definition) is 3. The topological polar surface area (TPSA) is 47.6 Å². The van der Waals surface area contributed by atoms with Crippen molar-refractivity contribution in [2.24, 2.45) is 0 Å². The second-order valence-electron chi connectivity index (χ2n) is 5.11. The van der Waals surface area contributed by atoms with Crippen molar-refractivity contribution in [3.05, 3.63) is 54.1 Å². The number of amides is 1. The Kier molecular flexibility index (Phi) is 6.48. The lowest BCUT2D eigenvalue weighted by Gasteiger charge is -2.11. The summed E-state index contributed by atoms with van der Waals surface area (Å²) in [5.41, 5.74) is 1.25. The van der Waals surface area contributed by atoms with E-state index in [2.05, 4.69) is 12.2 Å². The Balaban J connectivity index is 2.00. The van der Waals surface area contributed by atoms with Gasteiger partial charge in [-0.2, -0.15) is 0 Å². The van der Waals surface area contributed by atoms with Gasteiger partial charge in [0.2, 0.25) is 0 Å². The molecule has 0 aliphatic carbocycles. The van der Waals surface area contributed by atoms with Crippen molar-refractivity contribution in [1.29, 1.82) is 0 Å². The summed E-state index contributed by atoms with van der Waals surface area (Å²) in [6.07, 6.45) is 2.14. The first-order valence-corrected chi connectivity index (χ1v) is 8.00. The molecule has 0 aromatic heterocycles. The van der Waals surface area contributed by atoms with E-state index in [1.165, 1.54) is 0 Å². The molecule has 0 heterocycles. The quantitative estimate of drug-likeness (QED) is 0.729. The predicted octanol–water partition coefficient (Wildman–Crippen LogP) is 4.52. The van der Waals surface area contributed by atoms with Gasteiger partial charge in [0, 0.05) is 5.69 Å². The van der Waals surface area contributed by atoms with Gasteiger partial charge in [-0.05, 0) is 49.7 Å². The predicted molar refractivity (Wildman–Crippen MR) is 92.4 cm³/mol. The fourth-order valence-corrected chi connectivity index (χ4v) is 2.10. The number of unbranched alkanes of at least 4 members (excludes halogenated alkanes) is 1. The third-order valence-corrected chi connectivity index (χ3v) is 3.31. The van der Waals surface area contributed by atoms with Crippen molar-refractivity contribution in [1.82, 2.24) is 0 Å². The number of carbonyl (C=O) groups excluding carboxylic acids is 1. The largest absolute Gasteiger partial charge is 0.494 e. The molecule has 0 saturated carbocycles. The van der Waals surface area contributed by atoms with Crippen LogP contribution in [0.25, 0.3) is 0 Å². The standard InChI is InChI=1S/C19H23NO3/c1-3-5-14-23-16-12-10-15(11-13-16)20-19(21)17-8-6-7-9-18(17)22-4-2/h6-13H,3-5,14H2,1-2H3,(H,20,21). The Morgan fingerprint density at radius 1 is 1.00 bits per heavy atom. The van der Waals surface area contributed by atoms with E-state index >= 15 is 0 Å². The highest BCUT2D eigenvalue weighted by Crippen LogP contribution is 2.21. The molecule has 0 fully saturated rings. The van der Waals surface area contributed by atoms with E-state index in [0.29, 0.717) is 24.5 Å². The highest BCUT2D eigenvalue weighted by molar-refractivity contribution is 6.06. The fraction of sp³-hybridized carbons (Fsp3) is 0.316. The van der Waals surface area contributed by atoms with Crippen molar-refractivity contribution < 1.29 is 14.3 Å². The van der Waals surface area contributed by atoms with Crippen LogP contribution < -0.4 is 14.8 Å². The molecular weight excluding hydrogens is 290 g/mol. The first kappa shape index (κ1) is 16.9. The van der Waals surface area contributed by atoms with Crippen LogP contribution in [-0.4, -0.2) is 19.1 Å². The van der Waals surface area contributed by atoms with Crippen LogP contribution in [-0.2, 0) is 0 Å². The summed E-state index contributed by atoms with van der Waals surface area (Å²) in [5, 5.41) is 2.88. The Morgan fingerprint density at radius 2 is 1.74 bits per heavy atom. The summed E-state index contributed by atoms with van der Waals surface area (Å²) in [4.78, 5) is 12.4. The second-order valence-corrected chi connectivity index (χ2v) is 5.11. The first-order chi connectivity index (χ1) is 11.2. The average Bonchev–Trinajstić information content (AvgIpc) is 2.57. The third kappa shape index (κ3) is 5.02. The molecule has 0 saturated heterocycles. The summed E-state index contributed by atoms with van der Waals surface area (Å²) in [7, 11) is 0. The second kappa shape index (κ2) is 8.83. The molecule has 23 heavy (non-hydrogen) atoms. The lowest BCUT2D eigenvalue weighted by Crippen LogP contribution is -2.13. The number of ether oxygens (including phenoxy) is 2. The Hall–Kier alpha value is -2.49. The number of benzene rings is 2. The fourth-order valence-electron chi connectivity index (χ4n) is 2.10. The molecule has 1 N–H and O–H groups in total. The molecule has 0 atom stereocenters. The minimum Gasteiger partial charge on any atom is -0.494 e. The van der Waals surface area contributed by atoms with Gasteiger partial charge in [-0.3, -0.25) is 4.79 Å². The third-order valence-electron chi connectivity index (χ3n) is 3.31. The van der Waals surface area contributed by atoms with E-state index < -0.39 is 0 Å². The molecule has 0 radical (unpaired) electrons. The molecule has 0 unspecified atom stereocenters. The van der Waals surface area contributed by atoms with Crippen LogP contribution in [0.3, 0.4) is 0 Å². The van der Waals surface area contributed by atoms with Crippen LogP contribution in [0.4, 0.5) is 5.69 Å².